The van der Waals surface area contributed by atoms with E-state index in [-0.39, 0.29) is 11.4 Å². The average Bonchev–Trinajstić information content (AvgIpc) is 3.14. The lowest BCUT2D eigenvalue weighted by atomic mass is 9.85. The molecule has 0 spiro atoms. The van der Waals surface area contributed by atoms with Gasteiger partial charge in [0.1, 0.15) is 0 Å². The molecule has 7 heteroatoms. The highest BCUT2D eigenvalue weighted by molar-refractivity contribution is 7.89. The zero-order chi connectivity index (χ0) is 20.7. The van der Waals surface area contributed by atoms with E-state index in [1.165, 1.54) is 4.31 Å². The lowest BCUT2D eigenvalue weighted by molar-refractivity contribution is 0.142. The van der Waals surface area contributed by atoms with Gasteiger partial charge in [0.15, 0.2) is 0 Å². The highest BCUT2D eigenvalue weighted by Crippen LogP contribution is 2.31. The first-order valence-corrected chi connectivity index (χ1v) is 11.6. The van der Waals surface area contributed by atoms with Crippen LogP contribution in [0.3, 0.4) is 0 Å². The second-order valence-corrected chi connectivity index (χ2v) is 10.9. The number of carbonyl (C=O) groups is 1. The van der Waals surface area contributed by atoms with E-state index in [2.05, 4.69) is 20.8 Å². The van der Waals surface area contributed by atoms with Gasteiger partial charge in [-0.05, 0) is 48.8 Å². The van der Waals surface area contributed by atoms with Crippen molar-refractivity contribution in [3.8, 4) is 0 Å². The van der Waals surface area contributed by atoms with E-state index in [0.717, 1.165) is 42.6 Å². The number of hydrogen-bond donors (Lipinski definition) is 0. The highest BCUT2D eigenvalue weighted by atomic mass is 32.2. The summed E-state index contributed by atoms with van der Waals surface area (Å²) in [5, 5.41) is 0. The summed E-state index contributed by atoms with van der Waals surface area (Å²) in [5.74, 6) is 0. The van der Waals surface area contributed by atoms with Crippen molar-refractivity contribution in [3.05, 3.63) is 28.8 Å². The Labute approximate surface area is 169 Å². The molecule has 3 rings (SSSR count). The van der Waals surface area contributed by atoms with Gasteiger partial charge in [-0.3, -0.25) is 0 Å². The molecular formula is C21H33N3O3S. The van der Waals surface area contributed by atoms with Crippen LogP contribution < -0.4 is 0 Å². The molecule has 0 saturated carbocycles. The molecule has 2 aliphatic rings. The van der Waals surface area contributed by atoms with Gasteiger partial charge in [-0.25, -0.2) is 13.2 Å². The van der Waals surface area contributed by atoms with Crippen LogP contribution in [-0.4, -0.2) is 67.8 Å². The number of piperazine rings is 1. The van der Waals surface area contributed by atoms with Gasteiger partial charge in [0.05, 0.1) is 4.90 Å². The van der Waals surface area contributed by atoms with Crippen molar-refractivity contribution in [3.63, 3.8) is 0 Å². The highest BCUT2D eigenvalue weighted by Gasteiger charge is 2.34. The largest absolute Gasteiger partial charge is 0.325 e. The molecule has 0 radical (unpaired) electrons. The van der Waals surface area contributed by atoms with Crippen molar-refractivity contribution in [1.29, 1.82) is 0 Å². The molecule has 0 unspecified atom stereocenters. The third-order valence-corrected chi connectivity index (χ3v) is 8.01. The second-order valence-electron chi connectivity index (χ2n) is 9.06. The third-order valence-electron chi connectivity index (χ3n) is 5.81. The molecule has 0 N–H and O–H groups in total. The molecule has 2 fully saturated rings. The van der Waals surface area contributed by atoms with Gasteiger partial charge >= 0.3 is 6.03 Å². The van der Waals surface area contributed by atoms with Crippen LogP contribution >= 0.6 is 0 Å². The summed E-state index contributed by atoms with van der Waals surface area (Å²) >= 11 is 0. The van der Waals surface area contributed by atoms with E-state index in [0.29, 0.717) is 31.1 Å². The van der Waals surface area contributed by atoms with Gasteiger partial charge in [0.2, 0.25) is 10.0 Å². The number of benzene rings is 1. The van der Waals surface area contributed by atoms with Crippen LogP contribution in [0.25, 0.3) is 0 Å². The van der Waals surface area contributed by atoms with E-state index in [1.54, 1.807) is 4.90 Å². The summed E-state index contributed by atoms with van der Waals surface area (Å²) < 4.78 is 28.2. The van der Waals surface area contributed by atoms with Crippen molar-refractivity contribution in [1.82, 2.24) is 14.1 Å². The molecule has 28 heavy (non-hydrogen) atoms. The summed E-state index contributed by atoms with van der Waals surface area (Å²) in [4.78, 5) is 16.6. The molecule has 156 valence electrons. The number of carbonyl (C=O) groups excluding carboxylic acids is 1. The van der Waals surface area contributed by atoms with Gasteiger partial charge in [0.25, 0.3) is 0 Å². The number of urea groups is 1. The Kier molecular flexibility index (Phi) is 5.79. The summed E-state index contributed by atoms with van der Waals surface area (Å²) in [6.07, 6.45) is 2.12. The van der Waals surface area contributed by atoms with Gasteiger partial charge in [-0.2, -0.15) is 4.31 Å². The number of rotatable bonds is 2. The molecule has 2 saturated heterocycles. The fourth-order valence-electron chi connectivity index (χ4n) is 4.15. The Morgan fingerprint density at radius 2 is 1.32 bits per heavy atom. The number of likely N-dealkylation sites (tertiary alicyclic amines) is 1. The van der Waals surface area contributed by atoms with E-state index in [1.807, 2.05) is 30.9 Å². The zero-order valence-corrected chi connectivity index (χ0v) is 18.6. The molecule has 1 aromatic rings. The van der Waals surface area contributed by atoms with Gasteiger partial charge < -0.3 is 9.80 Å². The molecule has 6 nitrogen and oxygen atoms in total. The molecule has 0 aromatic heterocycles. The lowest BCUT2D eigenvalue weighted by Crippen LogP contribution is -2.53. The first-order valence-electron chi connectivity index (χ1n) is 10.2. The van der Waals surface area contributed by atoms with Gasteiger partial charge in [-0.1, -0.05) is 32.9 Å². The molecule has 2 heterocycles. The van der Waals surface area contributed by atoms with E-state index >= 15 is 0 Å². The fourth-order valence-corrected chi connectivity index (χ4v) is 5.98. The third kappa shape index (κ3) is 4.06. The average molecular weight is 408 g/mol. The van der Waals surface area contributed by atoms with Crippen molar-refractivity contribution < 1.29 is 13.2 Å². The van der Waals surface area contributed by atoms with Crippen LogP contribution in [0.1, 0.15) is 50.3 Å². The predicted octanol–water partition coefficient (Wildman–Crippen LogP) is 3.12. The van der Waals surface area contributed by atoms with Gasteiger partial charge in [0, 0.05) is 39.3 Å². The first-order chi connectivity index (χ1) is 13.0. The van der Waals surface area contributed by atoms with E-state index in [9.17, 15) is 13.2 Å². The molecule has 0 aliphatic carbocycles. The van der Waals surface area contributed by atoms with Crippen LogP contribution in [0, 0.1) is 13.8 Å². The number of amides is 2. The number of hydrogen-bond acceptors (Lipinski definition) is 3. The van der Waals surface area contributed by atoms with Crippen molar-refractivity contribution in [2.75, 3.05) is 39.3 Å². The fraction of sp³-hybridized carbons (Fsp3) is 0.667. The quantitative estimate of drug-likeness (QED) is 0.757. The topological polar surface area (TPSA) is 60.9 Å². The second kappa shape index (κ2) is 7.67. The maximum atomic E-state index is 13.3. The first kappa shape index (κ1) is 21.1. The predicted molar refractivity (Wildman–Crippen MR) is 111 cm³/mol. The van der Waals surface area contributed by atoms with Crippen LogP contribution in [-0.2, 0) is 15.4 Å². The molecule has 0 atom stereocenters. The SMILES string of the molecule is Cc1cc(C(C)(C)C)cc(C)c1S(=O)(=O)N1CCN(C(=O)N2CCCC2)CC1. The molecule has 0 bridgehead atoms. The standard InChI is InChI=1S/C21H33N3O3S/c1-16-14-18(21(3,4)5)15-17(2)19(16)28(26,27)24-12-10-23(11-13-24)20(25)22-8-6-7-9-22/h14-15H,6-13H2,1-5H3. The Balaban J connectivity index is 1.76. The van der Waals surface area contributed by atoms with Crippen molar-refractivity contribution in [2.45, 2.75) is 57.8 Å². The van der Waals surface area contributed by atoms with Crippen molar-refractivity contribution in [2.24, 2.45) is 0 Å². The van der Waals surface area contributed by atoms with Crippen LogP contribution in [0.2, 0.25) is 0 Å². The Morgan fingerprint density at radius 3 is 1.79 bits per heavy atom. The summed E-state index contributed by atoms with van der Waals surface area (Å²) in [6, 6.07) is 4.04. The maximum absolute atomic E-state index is 13.3. The monoisotopic (exact) mass is 407 g/mol. The molecule has 1 aromatic carbocycles. The maximum Gasteiger partial charge on any atom is 0.320 e. The minimum atomic E-state index is -3.57. The molecular weight excluding hydrogens is 374 g/mol. The van der Waals surface area contributed by atoms with Crippen LogP contribution in [0.4, 0.5) is 4.79 Å². The Bertz CT molecular complexity index is 821. The lowest BCUT2D eigenvalue weighted by Gasteiger charge is -2.36. The Hall–Kier alpha value is -1.60. The van der Waals surface area contributed by atoms with E-state index < -0.39 is 10.0 Å². The van der Waals surface area contributed by atoms with E-state index in [4.69, 9.17) is 0 Å². The number of sulfonamides is 1. The van der Waals surface area contributed by atoms with Crippen LogP contribution in [0.15, 0.2) is 17.0 Å². The minimum Gasteiger partial charge on any atom is -0.325 e. The minimum absolute atomic E-state index is 0.0284. The summed E-state index contributed by atoms with van der Waals surface area (Å²) in [5.41, 5.74) is 2.70. The number of nitrogens with zero attached hydrogens (tertiary/aromatic N) is 3. The van der Waals surface area contributed by atoms with Crippen molar-refractivity contribution >= 4 is 16.1 Å². The van der Waals surface area contributed by atoms with Gasteiger partial charge in [-0.15, -0.1) is 0 Å². The normalized spacial score (nSPS) is 19.3. The summed E-state index contributed by atoms with van der Waals surface area (Å²) in [7, 11) is -3.57. The van der Waals surface area contributed by atoms with Crippen LogP contribution in [0.5, 0.6) is 0 Å². The smallest absolute Gasteiger partial charge is 0.320 e. The Morgan fingerprint density at radius 1 is 0.857 bits per heavy atom. The molecule has 2 amide bonds. The number of aryl methyl sites for hydroxylation is 2. The summed E-state index contributed by atoms with van der Waals surface area (Å²) in [6.45, 7) is 13.4. The molecule has 2 aliphatic heterocycles. The zero-order valence-electron chi connectivity index (χ0n) is 17.8.